The van der Waals surface area contributed by atoms with E-state index in [1.807, 2.05) is 5.37 Å². The van der Waals surface area contributed by atoms with Crippen LogP contribution in [-0.4, -0.2) is 5.37 Å². The van der Waals surface area contributed by atoms with Crippen LogP contribution in [0.25, 0.3) is 0 Å². The number of unbranched alkanes of at least 4 members (excludes halogenated alkanes) is 12. The maximum atomic E-state index is 4.82. The van der Waals surface area contributed by atoms with Gasteiger partial charge in [0.05, 0.1) is 0 Å². The molecular formula is C18H34S. The summed E-state index contributed by atoms with van der Waals surface area (Å²) in [7, 11) is 0. The van der Waals surface area contributed by atoms with Crippen LogP contribution >= 0.6 is 12.2 Å². The van der Waals surface area contributed by atoms with Crippen LogP contribution in [0, 0.1) is 0 Å². The van der Waals surface area contributed by atoms with Crippen molar-refractivity contribution in [3.8, 4) is 0 Å². The first-order chi connectivity index (χ1) is 9.41. The molecule has 0 nitrogen and oxygen atoms in total. The van der Waals surface area contributed by atoms with Crippen LogP contribution in [0.15, 0.2) is 12.2 Å². The van der Waals surface area contributed by atoms with E-state index < -0.39 is 0 Å². The predicted octanol–water partition coefficient (Wildman–Crippen LogP) is 7.02. The Morgan fingerprint density at radius 2 is 1.00 bits per heavy atom. The standard InChI is InChI=1S/C18H34S/c1-2-3-4-5-6-7-8-9-10-11-12-13-14-15-16-17-18-19/h9-10,18H,2-8,11-17H2,1H3. The van der Waals surface area contributed by atoms with Gasteiger partial charge in [-0.15, -0.1) is 0 Å². The second-order valence-electron chi connectivity index (χ2n) is 5.54. The summed E-state index contributed by atoms with van der Waals surface area (Å²) < 4.78 is 0. The third-order valence-electron chi connectivity index (χ3n) is 3.58. The van der Waals surface area contributed by atoms with Crippen LogP contribution < -0.4 is 0 Å². The molecule has 0 aromatic heterocycles. The van der Waals surface area contributed by atoms with Gasteiger partial charge in [-0.05, 0) is 43.9 Å². The molecule has 0 spiro atoms. The highest BCUT2D eigenvalue weighted by Gasteiger charge is 1.90. The molecule has 0 saturated heterocycles. The molecule has 0 saturated carbocycles. The van der Waals surface area contributed by atoms with Crippen molar-refractivity contribution >= 4 is 17.6 Å². The second kappa shape index (κ2) is 17.8. The van der Waals surface area contributed by atoms with Gasteiger partial charge in [0.2, 0.25) is 0 Å². The van der Waals surface area contributed by atoms with Crippen molar-refractivity contribution in [3.05, 3.63) is 12.2 Å². The lowest BCUT2D eigenvalue weighted by atomic mass is 10.1. The van der Waals surface area contributed by atoms with Crippen LogP contribution in [0.3, 0.4) is 0 Å². The molecule has 0 aromatic carbocycles. The molecule has 0 bridgehead atoms. The van der Waals surface area contributed by atoms with Crippen molar-refractivity contribution in [2.45, 2.75) is 96.8 Å². The summed E-state index contributed by atoms with van der Waals surface area (Å²) in [4.78, 5) is 0. The highest BCUT2D eigenvalue weighted by atomic mass is 32.1. The molecule has 0 unspecified atom stereocenters. The zero-order valence-corrected chi connectivity index (χ0v) is 13.9. The third kappa shape index (κ3) is 17.8. The SMILES string of the molecule is CCCCCCCCC=CCCCCCCCC=S. The molecule has 0 aliphatic rings. The molecule has 0 rings (SSSR count). The summed E-state index contributed by atoms with van der Waals surface area (Å²) >= 11 is 4.82. The summed E-state index contributed by atoms with van der Waals surface area (Å²) in [5.74, 6) is 0. The number of allylic oxidation sites excluding steroid dienone is 2. The largest absolute Gasteiger partial charge is 0.0935 e. The van der Waals surface area contributed by atoms with E-state index in [0.29, 0.717) is 0 Å². The molecule has 0 aromatic rings. The molecule has 0 amide bonds. The van der Waals surface area contributed by atoms with Crippen molar-refractivity contribution in [2.75, 3.05) is 0 Å². The summed E-state index contributed by atoms with van der Waals surface area (Å²) in [5.41, 5.74) is 0. The van der Waals surface area contributed by atoms with E-state index in [1.54, 1.807) is 0 Å². The van der Waals surface area contributed by atoms with E-state index in [2.05, 4.69) is 19.1 Å². The average Bonchev–Trinajstić information content (AvgIpc) is 2.43. The Bertz CT molecular complexity index is 196. The molecule has 19 heavy (non-hydrogen) atoms. The normalized spacial score (nSPS) is 11.2. The first-order valence-electron chi connectivity index (χ1n) is 8.50. The van der Waals surface area contributed by atoms with Crippen molar-refractivity contribution in [2.24, 2.45) is 0 Å². The number of hydrogen-bond acceptors (Lipinski definition) is 1. The van der Waals surface area contributed by atoms with Gasteiger partial charge in [-0.1, -0.05) is 82.7 Å². The van der Waals surface area contributed by atoms with Crippen LogP contribution in [0.1, 0.15) is 96.8 Å². The van der Waals surface area contributed by atoms with Gasteiger partial charge in [0, 0.05) is 0 Å². The van der Waals surface area contributed by atoms with Gasteiger partial charge in [0.15, 0.2) is 0 Å². The Morgan fingerprint density at radius 1 is 0.579 bits per heavy atom. The summed E-state index contributed by atoms with van der Waals surface area (Å²) in [5, 5.41) is 1.87. The average molecular weight is 283 g/mol. The fourth-order valence-electron chi connectivity index (χ4n) is 2.30. The lowest BCUT2D eigenvalue weighted by Gasteiger charge is -1.99. The summed E-state index contributed by atoms with van der Waals surface area (Å²) in [6.07, 6.45) is 23.7. The van der Waals surface area contributed by atoms with Gasteiger partial charge < -0.3 is 0 Å². The van der Waals surface area contributed by atoms with Gasteiger partial charge >= 0.3 is 0 Å². The predicted molar refractivity (Wildman–Crippen MR) is 93.1 cm³/mol. The molecule has 1 heteroatoms. The molecular weight excluding hydrogens is 248 g/mol. The summed E-state index contributed by atoms with van der Waals surface area (Å²) in [6, 6.07) is 0. The smallest absolute Gasteiger partial charge is 0.0210 e. The fraction of sp³-hybridized carbons (Fsp3) is 0.833. The highest BCUT2D eigenvalue weighted by molar-refractivity contribution is 7.78. The van der Waals surface area contributed by atoms with E-state index in [0.717, 1.165) is 6.42 Å². The minimum atomic E-state index is 1.12. The van der Waals surface area contributed by atoms with Crippen molar-refractivity contribution in [1.82, 2.24) is 0 Å². The topological polar surface area (TPSA) is 0 Å². The molecule has 0 radical (unpaired) electrons. The highest BCUT2D eigenvalue weighted by Crippen LogP contribution is 2.09. The van der Waals surface area contributed by atoms with Crippen LogP contribution in [0.2, 0.25) is 0 Å². The fourth-order valence-corrected chi connectivity index (χ4v) is 2.47. The minimum Gasteiger partial charge on any atom is -0.0935 e. The number of thiocarbonyl (C=S) groups is 1. The maximum Gasteiger partial charge on any atom is -0.0210 e. The Morgan fingerprint density at radius 3 is 1.47 bits per heavy atom. The lowest BCUT2D eigenvalue weighted by Crippen LogP contribution is -1.80. The van der Waals surface area contributed by atoms with Crippen molar-refractivity contribution in [1.29, 1.82) is 0 Å². The molecule has 0 N–H and O–H groups in total. The Labute approximate surface area is 127 Å². The first kappa shape index (κ1) is 18.8. The van der Waals surface area contributed by atoms with E-state index in [1.165, 1.54) is 83.5 Å². The minimum absolute atomic E-state index is 1.12. The molecule has 0 heterocycles. The molecule has 0 fully saturated rings. The molecule has 112 valence electrons. The van der Waals surface area contributed by atoms with Crippen LogP contribution in [0.5, 0.6) is 0 Å². The van der Waals surface area contributed by atoms with Gasteiger partial charge in [0.1, 0.15) is 0 Å². The van der Waals surface area contributed by atoms with Gasteiger partial charge in [-0.2, -0.15) is 0 Å². The van der Waals surface area contributed by atoms with E-state index >= 15 is 0 Å². The van der Waals surface area contributed by atoms with Crippen LogP contribution in [0.4, 0.5) is 0 Å². The van der Waals surface area contributed by atoms with Gasteiger partial charge in [0.25, 0.3) is 0 Å². The molecule has 0 aliphatic heterocycles. The first-order valence-corrected chi connectivity index (χ1v) is 8.97. The monoisotopic (exact) mass is 282 g/mol. The third-order valence-corrected chi connectivity index (χ3v) is 3.82. The second-order valence-corrected chi connectivity index (χ2v) is 5.87. The zero-order valence-electron chi connectivity index (χ0n) is 13.0. The van der Waals surface area contributed by atoms with Crippen molar-refractivity contribution < 1.29 is 0 Å². The summed E-state index contributed by atoms with van der Waals surface area (Å²) in [6.45, 7) is 2.28. The van der Waals surface area contributed by atoms with E-state index in [4.69, 9.17) is 12.2 Å². The number of hydrogen-bond donors (Lipinski definition) is 0. The quantitative estimate of drug-likeness (QED) is 0.177. The van der Waals surface area contributed by atoms with Gasteiger partial charge in [-0.25, -0.2) is 0 Å². The zero-order chi connectivity index (χ0) is 14.0. The Kier molecular flexibility index (Phi) is 17.7. The van der Waals surface area contributed by atoms with Crippen molar-refractivity contribution in [3.63, 3.8) is 0 Å². The lowest BCUT2D eigenvalue weighted by molar-refractivity contribution is 0.610. The Hall–Kier alpha value is -0.170. The maximum absolute atomic E-state index is 4.82. The molecule has 0 atom stereocenters. The number of rotatable bonds is 15. The van der Waals surface area contributed by atoms with E-state index in [-0.39, 0.29) is 0 Å². The Balaban J connectivity index is 3.03. The molecule has 0 aliphatic carbocycles. The van der Waals surface area contributed by atoms with Crippen LogP contribution in [-0.2, 0) is 0 Å². The van der Waals surface area contributed by atoms with E-state index in [9.17, 15) is 0 Å². The van der Waals surface area contributed by atoms with Gasteiger partial charge in [-0.3, -0.25) is 0 Å².